The van der Waals surface area contributed by atoms with E-state index in [1.807, 2.05) is 10.7 Å². The molecule has 0 radical (unpaired) electrons. The molecule has 33 heavy (non-hydrogen) atoms. The van der Waals surface area contributed by atoms with Crippen LogP contribution in [0.5, 0.6) is 0 Å². The molecule has 0 N–H and O–H groups in total. The molecule has 2 aliphatic heterocycles. The van der Waals surface area contributed by atoms with E-state index in [0.29, 0.717) is 0 Å². The summed E-state index contributed by atoms with van der Waals surface area (Å²) in [5, 5.41) is 9.34. The van der Waals surface area contributed by atoms with E-state index in [0.717, 1.165) is 0 Å². The Morgan fingerprint density at radius 3 is 1.36 bits per heavy atom. The van der Waals surface area contributed by atoms with Gasteiger partial charge in [0.2, 0.25) is 0 Å². The summed E-state index contributed by atoms with van der Waals surface area (Å²) in [6, 6.07) is 33.0. The van der Waals surface area contributed by atoms with Crippen LogP contribution in [0.15, 0.2) is 72.8 Å². The molecule has 0 bridgehead atoms. The quantitative estimate of drug-likeness (QED) is 0.148. The van der Waals surface area contributed by atoms with E-state index in [-0.39, 0.29) is 0 Å². The van der Waals surface area contributed by atoms with Gasteiger partial charge in [0.15, 0.2) is 0 Å². The Balaban J connectivity index is 0.000000132. The molecule has 2 fully saturated rings. The third-order valence-corrected chi connectivity index (χ3v) is 22.2. The van der Waals surface area contributed by atoms with E-state index in [2.05, 4.69) is 85.9 Å². The Morgan fingerprint density at radius 2 is 1.06 bits per heavy atom. The first kappa shape index (κ1) is 25.5. The minimum Gasteiger partial charge on any atom is -0.168 e. The number of rotatable bonds is 2. The summed E-state index contributed by atoms with van der Waals surface area (Å²) in [4.78, 5) is 0. The van der Waals surface area contributed by atoms with Crippen molar-refractivity contribution in [3.8, 4) is 0 Å². The molecule has 0 unspecified atom stereocenters. The molecule has 2 saturated heterocycles. The Kier molecular flexibility index (Phi) is 8.50. The van der Waals surface area contributed by atoms with E-state index < -0.39 is 34.7 Å². The smallest absolute Gasteiger partial charge is 0.0350 e. The zero-order valence-electron chi connectivity index (χ0n) is 20.0. The molecule has 0 amide bonds. The van der Waals surface area contributed by atoms with Crippen LogP contribution in [0.1, 0.15) is 19.8 Å². The number of benzene rings is 2. The largest absolute Gasteiger partial charge is 0.168 e. The molecule has 2 heterocycles. The maximum atomic E-state index is 5.39. The number of hydrogen-bond acceptors (Lipinski definition) is 0. The van der Waals surface area contributed by atoms with Gasteiger partial charge in [0.1, 0.15) is 0 Å². The van der Waals surface area contributed by atoms with Gasteiger partial charge in [-0.25, -0.2) is 0 Å². The molecule has 4 aromatic rings. The van der Waals surface area contributed by atoms with E-state index in [4.69, 9.17) is 17.2 Å². The van der Waals surface area contributed by atoms with Crippen LogP contribution in [0.2, 0.25) is 37.3 Å². The average molecular weight is 676 g/mol. The Labute approximate surface area is 215 Å². The van der Waals surface area contributed by atoms with Crippen molar-refractivity contribution in [1.82, 2.24) is 0 Å². The van der Waals surface area contributed by atoms with Crippen LogP contribution in [0.25, 0.3) is 21.5 Å². The topological polar surface area (TPSA) is 0 Å². The second-order valence-electron chi connectivity index (χ2n) is 10.1. The maximum Gasteiger partial charge on any atom is 0.0350 e. The minimum atomic E-state index is -1.88. The van der Waals surface area contributed by atoms with Crippen molar-refractivity contribution in [3.63, 3.8) is 0 Å². The van der Waals surface area contributed by atoms with Crippen LogP contribution in [0, 0.1) is 0 Å². The molecule has 6 rings (SSSR count). The van der Waals surface area contributed by atoms with E-state index in [1.54, 1.807) is 10.4 Å². The number of halogens is 2. The van der Waals surface area contributed by atoms with Gasteiger partial charge in [0.05, 0.1) is 0 Å². The van der Waals surface area contributed by atoms with Crippen LogP contribution < -0.4 is 10.4 Å². The number of fused-ring (bicyclic) bond motifs is 2. The van der Waals surface area contributed by atoms with Crippen molar-refractivity contribution in [2.24, 2.45) is 0 Å². The molecule has 0 aliphatic carbocycles. The normalized spacial score (nSPS) is 17.6. The van der Waals surface area contributed by atoms with Gasteiger partial charge in [0, 0.05) is 16.1 Å². The molecule has 0 aromatic heterocycles. The van der Waals surface area contributed by atoms with Crippen molar-refractivity contribution in [1.29, 1.82) is 0 Å². The van der Waals surface area contributed by atoms with E-state index in [1.165, 1.54) is 58.6 Å². The summed E-state index contributed by atoms with van der Waals surface area (Å²) in [5.74, 6) is 0. The standard InChI is InChI=1S/2C13H15Si.C2H4.2ClH.Hf/c2*1-14(9-4-10-14)13-8-7-11-5-2-3-6-12(11)13;1-2;;;/h2*2-3,5-8H,4,9-10H2,1H3;1H,2H3;2*1H;/q2*-1;;;;+2/p-2. The molecule has 0 spiro atoms. The van der Waals surface area contributed by atoms with Gasteiger partial charge in [0.25, 0.3) is 0 Å². The fraction of sp³-hybridized carbons (Fsp3) is 0.321. The minimum absolute atomic E-state index is 0.985. The Hall–Kier alpha value is -0.586. The second-order valence-corrected chi connectivity index (χ2v) is 31.8. The monoisotopic (exact) mass is 676 g/mol. The SMILES string of the molecule is C[CH]=[Hf]([Cl])[Cl].C[Si]1([c-]2ccc3ccccc32)CCC1.C[Si]1([c-]2ccc3ccccc32)CCC1. The molecule has 174 valence electrons. The third-order valence-electron chi connectivity index (χ3n) is 7.79. The molecular weight excluding hydrogens is 642 g/mol. The Morgan fingerprint density at radius 1 is 0.697 bits per heavy atom. The van der Waals surface area contributed by atoms with Gasteiger partial charge in [-0.3, -0.25) is 0 Å². The summed E-state index contributed by atoms with van der Waals surface area (Å²) in [5.41, 5.74) is 0. The number of hydrogen-bond donors (Lipinski definition) is 0. The predicted molar refractivity (Wildman–Crippen MR) is 153 cm³/mol. The fourth-order valence-corrected chi connectivity index (χ4v) is 11.9. The molecule has 4 aromatic carbocycles. The van der Waals surface area contributed by atoms with Crippen LogP contribution in [-0.4, -0.2) is 19.9 Å². The zero-order valence-corrected chi connectivity index (χ0v) is 27.1. The van der Waals surface area contributed by atoms with E-state index in [9.17, 15) is 0 Å². The zero-order chi connectivity index (χ0) is 23.5. The van der Waals surface area contributed by atoms with Gasteiger partial charge in [-0.15, -0.1) is 68.3 Å². The van der Waals surface area contributed by atoms with Gasteiger partial charge >= 0.3 is 46.4 Å². The van der Waals surface area contributed by atoms with Crippen molar-refractivity contribution >= 4 is 69.0 Å². The first-order valence-corrected chi connectivity index (χ1v) is 28.9. The van der Waals surface area contributed by atoms with Crippen molar-refractivity contribution in [3.05, 3.63) is 72.8 Å². The second kappa shape index (κ2) is 11.0. The summed E-state index contributed by atoms with van der Waals surface area (Å²) < 4.78 is 1.91. The van der Waals surface area contributed by atoms with Crippen LogP contribution >= 0.6 is 17.2 Å². The molecule has 5 heteroatoms. The first-order valence-electron chi connectivity index (χ1n) is 12.1. The Bertz CT molecular complexity index is 1150. The molecule has 0 atom stereocenters. The van der Waals surface area contributed by atoms with Crippen molar-refractivity contribution < 1.29 is 18.6 Å². The van der Waals surface area contributed by atoms with Crippen LogP contribution in [0.4, 0.5) is 0 Å². The van der Waals surface area contributed by atoms with Gasteiger partial charge in [-0.2, -0.15) is 24.3 Å². The maximum absolute atomic E-state index is 5.39. The summed E-state index contributed by atoms with van der Waals surface area (Å²) in [6.07, 6.45) is 2.92. The van der Waals surface area contributed by atoms with Crippen LogP contribution in [-0.2, 0) is 18.6 Å². The van der Waals surface area contributed by atoms with Crippen molar-refractivity contribution in [2.45, 2.75) is 57.0 Å². The summed E-state index contributed by atoms with van der Waals surface area (Å²) >= 11 is -1.88. The summed E-state index contributed by atoms with van der Waals surface area (Å²) in [6.45, 7) is 6.98. The summed E-state index contributed by atoms with van der Waals surface area (Å²) in [7, 11) is 8.80. The first-order chi connectivity index (χ1) is 15.9. The molecule has 2 aliphatic rings. The molecule has 0 saturated carbocycles. The van der Waals surface area contributed by atoms with Crippen LogP contribution in [0.3, 0.4) is 0 Å². The van der Waals surface area contributed by atoms with Crippen molar-refractivity contribution in [2.75, 3.05) is 0 Å². The molecule has 0 nitrogen and oxygen atoms in total. The molecular formula is C28H34Cl2HfSi2-2. The third kappa shape index (κ3) is 5.64. The van der Waals surface area contributed by atoms with Gasteiger partial charge in [-0.05, 0) is 0 Å². The fourth-order valence-electron chi connectivity index (χ4n) is 5.31. The van der Waals surface area contributed by atoms with E-state index >= 15 is 0 Å². The van der Waals surface area contributed by atoms with Gasteiger partial charge < -0.3 is 0 Å². The average Bonchev–Trinajstić information content (AvgIpc) is 3.42. The predicted octanol–water partition coefficient (Wildman–Crippen LogP) is 8.23. The van der Waals surface area contributed by atoms with Gasteiger partial charge in [-0.1, -0.05) is 62.2 Å².